The van der Waals surface area contributed by atoms with Crippen molar-refractivity contribution in [1.29, 1.82) is 0 Å². The molecule has 0 atom stereocenters. The van der Waals surface area contributed by atoms with Gasteiger partial charge in [0.25, 0.3) is 0 Å². The molecule has 0 bridgehead atoms. The SMILES string of the molecule is O=C(O)N1C=CC=COC1. The molecule has 4 nitrogen and oxygen atoms in total. The summed E-state index contributed by atoms with van der Waals surface area (Å²) in [5.74, 6) is 0. The molecular weight excluding hydrogens is 134 g/mol. The summed E-state index contributed by atoms with van der Waals surface area (Å²) in [6.07, 6.45) is 5.09. The van der Waals surface area contributed by atoms with Crippen molar-refractivity contribution in [3.63, 3.8) is 0 Å². The Labute approximate surface area is 58.0 Å². The largest absolute Gasteiger partial charge is 0.480 e. The van der Waals surface area contributed by atoms with Crippen LogP contribution in [-0.4, -0.2) is 22.8 Å². The van der Waals surface area contributed by atoms with Crippen LogP contribution in [0.2, 0.25) is 0 Å². The van der Waals surface area contributed by atoms with Crippen LogP contribution in [0.25, 0.3) is 0 Å². The smallest absolute Gasteiger partial charge is 0.414 e. The standard InChI is InChI=1S/C6H7NO3/c8-6(9)7-3-1-2-4-10-5-7/h1-4H,5H2,(H,8,9). The van der Waals surface area contributed by atoms with Gasteiger partial charge in [-0.25, -0.2) is 4.79 Å². The molecule has 1 aliphatic heterocycles. The summed E-state index contributed by atoms with van der Waals surface area (Å²) < 4.78 is 4.77. The van der Waals surface area contributed by atoms with E-state index >= 15 is 0 Å². The second kappa shape index (κ2) is 2.91. The molecule has 0 aromatic carbocycles. The number of hydrogen-bond donors (Lipinski definition) is 1. The van der Waals surface area contributed by atoms with E-state index in [9.17, 15) is 4.79 Å². The molecule has 0 spiro atoms. The number of carbonyl (C=O) groups is 1. The van der Waals surface area contributed by atoms with Gasteiger partial charge in [0.15, 0.2) is 6.73 Å². The summed E-state index contributed by atoms with van der Waals surface area (Å²) in [5.41, 5.74) is 0. The molecule has 1 aliphatic rings. The highest BCUT2D eigenvalue weighted by atomic mass is 16.5. The molecular formula is C6H7NO3. The first-order valence-electron chi connectivity index (χ1n) is 2.75. The minimum absolute atomic E-state index is 0.0579. The van der Waals surface area contributed by atoms with E-state index in [0.29, 0.717) is 0 Å². The maximum absolute atomic E-state index is 10.3. The van der Waals surface area contributed by atoms with Crippen LogP contribution < -0.4 is 0 Å². The maximum Gasteiger partial charge on any atom is 0.414 e. The molecule has 1 N–H and O–H groups in total. The lowest BCUT2D eigenvalue weighted by Crippen LogP contribution is -2.24. The van der Waals surface area contributed by atoms with Gasteiger partial charge in [0.1, 0.15) is 0 Å². The predicted octanol–water partition coefficient (Wildman–Crippen LogP) is 0.981. The van der Waals surface area contributed by atoms with Crippen molar-refractivity contribution in [2.45, 2.75) is 0 Å². The van der Waals surface area contributed by atoms with E-state index in [-0.39, 0.29) is 6.73 Å². The molecule has 0 fully saturated rings. The van der Waals surface area contributed by atoms with Gasteiger partial charge >= 0.3 is 6.09 Å². The van der Waals surface area contributed by atoms with Gasteiger partial charge < -0.3 is 9.84 Å². The van der Waals surface area contributed by atoms with Gasteiger partial charge in [-0.15, -0.1) is 0 Å². The Kier molecular flexibility index (Phi) is 1.94. The van der Waals surface area contributed by atoms with Crippen molar-refractivity contribution in [3.8, 4) is 0 Å². The van der Waals surface area contributed by atoms with Crippen LogP contribution in [-0.2, 0) is 4.74 Å². The molecule has 0 aromatic heterocycles. The van der Waals surface area contributed by atoms with E-state index in [0.717, 1.165) is 4.90 Å². The van der Waals surface area contributed by atoms with Crippen molar-refractivity contribution in [1.82, 2.24) is 4.90 Å². The van der Waals surface area contributed by atoms with Gasteiger partial charge in [0.05, 0.1) is 6.26 Å². The van der Waals surface area contributed by atoms with Crippen molar-refractivity contribution in [3.05, 3.63) is 24.6 Å². The molecule has 1 rings (SSSR count). The van der Waals surface area contributed by atoms with E-state index in [4.69, 9.17) is 9.84 Å². The third-order valence-corrected chi connectivity index (χ3v) is 1.01. The van der Waals surface area contributed by atoms with Crippen LogP contribution in [0.4, 0.5) is 4.79 Å². The third kappa shape index (κ3) is 1.51. The summed E-state index contributed by atoms with van der Waals surface area (Å²) in [6.45, 7) is 0.0579. The van der Waals surface area contributed by atoms with Crippen molar-refractivity contribution >= 4 is 6.09 Å². The predicted molar refractivity (Wildman–Crippen MR) is 34.1 cm³/mol. The van der Waals surface area contributed by atoms with Gasteiger partial charge in [0, 0.05) is 6.20 Å². The molecule has 0 saturated carbocycles. The van der Waals surface area contributed by atoms with Crippen LogP contribution in [0.15, 0.2) is 24.6 Å². The third-order valence-electron chi connectivity index (χ3n) is 1.01. The van der Waals surface area contributed by atoms with Gasteiger partial charge in [-0.2, -0.15) is 0 Å². The van der Waals surface area contributed by atoms with Crippen LogP contribution in [0.1, 0.15) is 0 Å². The monoisotopic (exact) mass is 141 g/mol. The highest BCUT2D eigenvalue weighted by Gasteiger charge is 2.07. The van der Waals surface area contributed by atoms with Crippen LogP contribution >= 0.6 is 0 Å². The highest BCUT2D eigenvalue weighted by Crippen LogP contribution is 1.97. The fourth-order valence-electron chi connectivity index (χ4n) is 0.540. The highest BCUT2D eigenvalue weighted by molar-refractivity contribution is 5.66. The minimum Gasteiger partial charge on any atom is -0.480 e. The Balaban J connectivity index is 2.56. The van der Waals surface area contributed by atoms with E-state index in [2.05, 4.69) is 0 Å². The summed E-state index contributed by atoms with van der Waals surface area (Å²) in [7, 11) is 0. The zero-order valence-electron chi connectivity index (χ0n) is 5.23. The van der Waals surface area contributed by atoms with Crippen molar-refractivity contribution in [2.24, 2.45) is 0 Å². The average molecular weight is 141 g/mol. The lowest BCUT2D eigenvalue weighted by Gasteiger charge is -2.10. The molecule has 0 unspecified atom stereocenters. The Hall–Kier alpha value is -1.45. The topological polar surface area (TPSA) is 49.8 Å². The summed E-state index contributed by atoms with van der Waals surface area (Å²) >= 11 is 0. The Morgan fingerprint density at radius 2 is 2.40 bits per heavy atom. The second-order valence-corrected chi connectivity index (χ2v) is 1.72. The van der Waals surface area contributed by atoms with Crippen molar-refractivity contribution < 1.29 is 14.6 Å². The zero-order valence-corrected chi connectivity index (χ0v) is 5.23. The first-order valence-corrected chi connectivity index (χ1v) is 2.75. The van der Waals surface area contributed by atoms with Crippen LogP contribution in [0.5, 0.6) is 0 Å². The number of nitrogens with zero attached hydrogens (tertiary/aromatic N) is 1. The van der Waals surface area contributed by atoms with E-state index < -0.39 is 6.09 Å². The fraction of sp³-hybridized carbons (Fsp3) is 0.167. The first kappa shape index (κ1) is 6.67. The van der Waals surface area contributed by atoms with E-state index in [1.807, 2.05) is 0 Å². The number of ether oxygens (including phenoxy) is 1. The molecule has 0 aliphatic carbocycles. The first-order chi connectivity index (χ1) is 4.80. The Bertz CT molecular complexity index is 185. The zero-order chi connectivity index (χ0) is 7.40. The molecule has 1 amide bonds. The van der Waals surface area contributed by atoms with Gasteiger partial charge in [-0.1, -0.05) is 0 Å². The number of hydrogen-bond acceptors (Lipinski definition) is 2. The van der Waals surface area contributed by atoms with Crippen molar-refractivity contribution in [2.75, 3.05) is 6.73 Å². The quantitative estimate of drug-likeness (QED) is 0.547. The number of allylic oxidation sites excluding steroid dienone is 2. The average Bonchev–Trinajstić information content (AvgIpc) is 2.12. The summed E-state index contributed by atoms with van der Waals surface area (Å²) in [6, 6.07) is 0. The maximum atomic E-state index is 10.3. The molecule has 1 heterocycles. The van der Waals surface area contributed by atoms with Crippen LogP contribution in [0, 0.1) is 0 Å². The summed E-state index contributed by atoms with van der Waals surface area (Å²) in [4.78, 5) is 11.3. The number of rotatable bonds is 0. The molecule has 10 heavy (non-hydrogen) atoms. The number of carboxylic acid groups (broad SMARTS) is 1. The molecule has 4 heteroatoms. The molecule has 0 saturated heterocycles. The van der Waals surface area contributed by atoms with Crippen LogP contribution in [0.3, 0.4) is 0 Å². The summed E-state index contributed by atoms with van der Waals surface area (Å²) in [5, 5.41) is 8.43. The normalized spacial score (nSPS) is 16.2. The Morgan fingerprint density at radius 3 is 3.10 bits per heavy atom. The second-order valence-electron chi connectivity index (χ2n) is 1.72. The molecule has 54 valence electrons. The molecule has 0 aromatic rings. The number of amides is 1. The van der Waals surface area contributed by atoms with E-state index in [1.54, 1.807) is 12.2 Å². The van der Waals surface area contributed by atoms with Gasteiger partial charge in [-0.3, -0.25) is 4.90 Å². The lowest BCUT2D eigenvalue weighted by molar-refractivity contribution is 0.107. The lowest BCUT2D eigenvalue weighted by atomic mass is 10.6. The minimum atomic E-state index is -1.01. The van der Waals surface area contributed by atoms with E-state index in [1.165, 1.54) is 12.5 Å². The van der Waals surface area contributed by atoms with Gasteiger partial charge in [0.2, 0.25) is 0 Å². The fourth-order valence-corrected chi connectivity index (χ4v) is 0.540. The Morgan fingerprint density at radius 1 is 1.60 bits per heavy atom. The van der Waals surface area contributed by atoms with Gasteiger partial charge in [-0.05, 0) is 12.2 Å². The molecule has 0 radical (unpaired) electrons.